The zero-order valence-corrected chi connectivity index (χ0v) is 17.1. The summed E-state index contributed by atoms with van der Waals surface area (Å²) >= 11 is 0. The maximum Gasteiger partial charge on any atom is 0.312 e. The van der Waals surface area contributed by atoms with Crippen molar-refractivity contribution in [3.8, 4) is 11.6 Å². The minimum Gasteiger partial charge on any atom is -0.411 e. The Morgan fingerprint density at radius 2 is 2.12 bits per heavy atom. The third-order valence-corrected chi connectivity index (χ3v) is 5.69. The van der Waals surface area contributed by atoms with Gasteiger partial charge < -0.3 is 14.3 Å². The second kappa shape index (κ2) is 7.12. The van der Waals surface area contributed by atoms with Gasteiger partial charge in [-0.05, 0) is 36.8 Å². The zero-order valence-electron chi connectivity index (χ0n) is 17.1. The van der Waals surface area contributed by atoms with E-state index >= 15 is 0 Å². The van der Waals surface area contributed by atoms with E-state index in [-0.39, 0.29) is 17.7 Å². The summed E-state index contributed by atoms with van der Waals surface area (Å²) in [5.74, 6) is -0.256. The number of imidazole rings is 1. The first-order valence-electron chi connectivity index (χ1n) is 10.2. The number of nitrogens with one attached hydrogen (secondary N) is 1. The lowest BCUT2D eigenvalue weighted by molar-refractivity contribution is 0.0646. The normalized spacial score (nSPS) is 15.8. The second-order valence-corrected chi connectivity index (χ2v) is 7.63. The first-order chi connectivity index (χ1) is 15.7. The number of aromatic nitrogens is 7. The average Bonchev–Trinajstić information content (AvgIpc) is 3.58. The molecule has 0 fully saturated rings. The van der Waals surface area contributed by atoms with Crippen LogP contribution in [-0.2, 0) is 6.42 Å². The fraction of sp³-hybridized carbons (Fsp3) is 0.182. The van der Waals surface area contributed by atoms with Crippen LogP contribution >= 0.6 is 0 Å². The van der Waals surface area contributed by atoms with Gasteiger partial charge in [0.2, 0.25) is 0 Å². The van der Waals surface area contributed by atoms with E-state index in [0.717, 1.165) is 28.2 Å². The van der Waals surface area contributed by atoms with Gasteiger partial charge >= 0.3 is 11.8 Å². The minimum atomic E-state index is -0.470. The summed E-state index contributed by atoms with van der Waals surface area (Å²) < 4.78 is 7.51. The average molecular weight is 426 g/mol. The molecule has 1 unspecified atom stereocenters. The fourth-order valence-electron chi connectivity index (χ4n) is 4.13. The fourth-order valence-corrected chi connectivity index (χ4v) is 4.13. The highest BCUT2D eigenvalue weighted by atomic mass is 16.4. The second-order valence-electron chi connectivity index (χ2n) is 7.63. The Bertz CT molecular complexity index is 1430. The third kappa shape index (κ3) is 2.88. The van der Waals surface area contributed by atoms with Gasteiger partial charge in [0.1, 0.15) is 11.7 Å². The van der Waals surface area contributed by atoms with Crippen LogP contribution in [0.5, 0.6) is 0 Å². The van der Waals surface area contributed by atoms with Crippen molar-refractivity contribution in [2.75, 3.05) is 6.54 Å². The van der Waals surface area contributed by atoms with Crippen molar-refractivity contribution >= 4 is 11.4 Å². The molecule has 0 aromatic carbocycles. The minimum absolute atomic E-state index is 0.0883. The molecule has 0 bridgehead atoms. The molecule has 0 saturated heterocycles. The number of amides is 1. The summed E-state index contributed by atoms with van der Waals surface area (Å²) in [6.07, 6.45) is 5.82. The highest BCUT2D eigenvalue weighted by Crippen LogP contribution is 2.34. The van der Waals surface area contributed by atoms with Gasteiger partial charge in [-0.25, -0.2) is 9.50 Å². The van der Waals surface area contributed by atoms with E-state index < -0.39 is 6.04 Å². The molecule has 5 aromatic heterocycles. The number of hydrogen-bond acceptors (Lipinski definition) is 7. The number of carbonyl (C=O) groups is 1. The first kappa shape index (κ1) is 18.4. The molecule has 1 atom stereocenters. The molecule has 0 aliphatic carbocycles. The standard InChI is InChI=1S/C22H18N8O2/c1-13-5-4-9-30-17(13)11-16(28-30)19-18-14(24-12-25-18)7-10-29(19)22(31)21-27-26-20(32-21)15-6-2-3-8-23-15/h2-6,8-9,11-12,19H,7,10H2,1H3,(H,24,25). The molecule has 1 amide bonds. The molecule has 5 aromatic rings. The number of hydrogen-bond donors (Lipinski definition) is 1. The summed E-state index contributed by atoms with van der Waals surface area (Å²) in [5, 5.41) is 12.8. The molecule has 10 nitrogen and oxygen atoms in total. The molecule has 10 heteroatoms. The lowest BCUT2D eigenvalue weighted by Gasteiger charge is -2.32. The van der Waals surface area contributed by atoms with Crippen molar-refractivity contribution in [2.45, 2.75) is 19.4 Å². The first-order valence-corrected chi connectivity index (χ1v) is 10.2. The van der Waals surface area contributed by atoms with Gasteiger partial charge in [0.25, 0.3) is 5.89 Å². The van der Waals surface area contributed by atoms with Crippen molar-refractivity contribution in [1.29, 1.82) is 0 Å². The lowest BCUT2D eigenvalue weighted by atomic mass is 9.99. The number of carbonyl (C=O) groups excluding carboxylic acids is 1. The molecule has 0 spiro atoms. The van der Waals surface area contributed by atoms with Gasteiger partial charge in [0.05, 0.1) is 23.2 Å². The molecular weight excluding hydrogens is 408 g/mol. The van der Waals surface area contributed by atoms with Gasteiger partial charge in [-0.3, -0.25) is 9.78 Å². The van der Waals surface area contributed by atoms with Gasteiger partial charge in [-0.1, -0.05) is 12.1 Å². The van der Waals surface area contributed by atoms with Crippen molar-refractivity contribution in [3.05, 3.63) is 83.7 Å². The zero-order chi connectivity index (χ0) is 21.7. The van der Waals surface area contributed by atoms with E-state index in [4.69, 9.17) is 9.52 Å². The smallest absolute Gasteiger partial charge is 0.312 e. The number of fused-ring (bicyclic) bond motifs is 2. The van der Waals surface area contributed by atoms with Gasteiger partial charge in [-0.2, -0.15) is 5.10 Å². The summed E-state index contributed by atoms with van der Waals surface area (Å²) in [5.41, 5.74) is 5.08. The summed E-state index contributed by atoms with van der Waals surface area (Å²) in [4.78, 5) is 27.1. The molecule has 32 heavy (non-hydrogen) atoms. The molecule has 1 N–H and O–H groups in total. The van der Waals surface area contributed by atoms with E-state index in [9.17, 15) is 4.79 Å². The molecular formula is C22H18N8O2. The van der Waals surface area contributed by atoms with Crippen LogP contribution in [0.4, 0.5) is 0 Å². The molecule has 6 rings (SSSR count). The van der Waals surface area contributed by atoms with Crippen molar-refractivity contribution < 1.29 is 9.21 Å². The van der Waals surface area contributed by atoms with Crippen LogP contribution in [0.2, 0.25) is 0 Å². The van der Waals surface area contributed by atoms with E-state index in [0.29, 0.717) is 18.7 Å². The van der Waals surface area contributed by atoms with Gasteiger partial charge in [-0.15, -0.1) is 10.2 Å². The Hall–Kier alpha value is -4.34. The summed E-state index contributed by atoms with van der Waals surface area (Å²) in [7, 11) is 0. The lowest BCUT2D eigenvalue weighted by Crippen LogP contribution is -2.41. The SMILES string of the molecule is Cc1cccn2nc(C3c4nc[nH]c4CCN3C(=O)c3nnc(-c4ccccn4)o3)cc12. The molecule has 6 heterocycles. The number of aromatic amines is 1. The molecule has 0 saturated carbocycles. The molecule has 158 valence electrons. The maximum absolute atomic E-state index is 13.5. The van der Waals surface area contributed by atoms with E-state index in [1.54, 1.807) is 29.6 Å². The molecule has 1 aliphatic heterocycles. The Morgan fingerprint density at radius 1 is 1.19 bits per heavy atom. The van der Waals surface area contributed by atoms with E-state index in [1.165, 1.54) is 0 Å². The Morgan fingerprint density at radius 3 is 2.97 bits per heavy atom. The number of nitrogens with zero attached hydrogens (tertiary/aromatic N) is 7. The van der Waals surface area contributed by atoms with Crippen LogP contribution in [0.3, 0.4) is 0 Å². The van der Waals surface area contributed by atoms with Gasteiger partial charge in [0, 0.05) is 31.1 Å². The summed E-state index contributed by atoms with van der Waals surface area (Å²) in [6.45, 7) is 2.50. The topological polar surface area (TPSA) is 118 Å². The predicted octanol–water partition coefficient (Wildman–Crippen LogP) is 2.60. The molecule has 0 radical (unpaired) electrons. The van der Waals surface area contributed by atoms with Crippen LogP contribution in [0, 0.1) is 6.92 Å². The maximum atomic E-state index is 13.5. The monoisotopic (exact) mass is 426 g/mol. The quantitative estimate of drug-likeness (QED) is 0.471. The van der Waals surface area contributed by atoms with E-state index in [2.05, 4.69) is 25.1 Å². The number of aryl methyl sites for hydroxylation is 1. The predicted molar refractivity (Wildman–Crippen MR) is 113 cm³/mol. The van der Waals surface area contributed by atoms with Crippen LogP contribution in [0.1, 0.15) is 39.4 Å². The van der Waals surface area contributed by atoms with Crippen LogP contribution in [0.15, 0.2) is 59.5 Å². The van der Waals surface area contributed by atoms with E-state index in [1.807, 2.05) is 41.9 Å². The summed E-state index contributed by atoms with van der Waals surface area (Å²) in [6, 6.07) is 10.9. The van der Waals surface area contributed by atoms with Crippen molar-refractivity contribution in [1.82, 2.24) is 39.7 Å². The highest BCUT2D eigenvalue weighted by Gasteiger charge is 2.38. The molecule has 1 aliphatic rings. The highest BCUT2D eigenvalue weighted by molar-refractivity contribution is 5.90. The Balaban J connectivity index is 1.41. The third-order valence-electron chi connectivity index (χ3n) is 5.69. The van der Waals surface area contributed by atoms with Crippen LogP contribution in [-0.4, -0.2) is 52.1 Å². The van der Waals surface area contributed by atoms with Crippen LogP contribution < -0.4 is 0 Å². The largest absolute Gasteiger partial charge is 0.411 e. The Labute approximate surface area is 181 Å². The van der Waals surface area contributed by atoms with Crippen LogP contribution in [0.25, 0.3) is 17.1 Å². The number of pyridine rings is 2. The Kier molecular flexibility index (Phi) is 4.10. The van der Waals surface area contributed by atoms with Gasteiger partial charge in [0.15, 0.2) is 0 Å². The van der Waals surface area contributed by atoms with Crippen molar-refractivity contribution in [2.24, 2.45) is 0 Å². The van der Waals surface area contributed by atoms with Crippen molar-refractivity contribution in [3.63, 3.8) is 0 Å². The number of H-pyrrole nitrogens is 1. The number of rotatable bonds is 3.